The van der Waals surface area contributed by atoms with Gasteiger partial charge in [-0.25, -0.2) is 0 Å². The molecule has 0 bridgehead atoms. The summed E-state index contributed by atoms with van der Waals surface area (Å²) < 4.78 is 6.60. The van der Waals surface area contributed by atoms with Gasteiger partial charge in [0.15, 0.2) is 5.78 Å². The molecule has 0 fully saturated rings. The van der Waals surface area contributed by atoms with E-state index in [2.05, 4.69) is 22.0 Å². The highest BCUT2D eigenvalue weighted by Crippen LogP contribution is 2.49. The van der Waals surface area contributed by atoms with Crippen molar-refractivity contribution in [1.29, 1.82) is 5.26 Å². The van der Waals surface area contributed by atoms with Gasteiger partial charge in [0.1, 0.15) is 17.4 Å². The molecular weight excluding hydrogens is 364 g/mol. The number of nitrogens with two attached hydrogens (primary N) is 1. The number of rotatable bonds is 1. The smallest absolute Gasteiger partial charge is 0.205 e. The number of hydrogen-bond acceptors (Lipinski definition) is 5. The summed E-state index contributed by atoms with van der Waals surface area (Å²) in [5.74, 6) is 0.364. The van der Waals surface area contributed by atoms with E-state index >= 15 is 0 Å². The van der Waals surface area contributed by atoms with Crippen LogP contribution in [0.4, 0.5) is 0 Å². The molecule has 1 aromatic rings. The van der Waals surface area contributed by atoms with Gasteiger partial charge in [0.05, 0.1) is 9.70 Å². The Labute approximate surface area is 141 Å². The lowest BCUT2D eigenvalue weighted by Crippen LogP contribution is -2.33. The second kappa shape index (κ2) is 5.25. The molecule has 0 amide bonds. The monoisotopic (exact) mass is 378 g/mol. The fourth-order valence-electron chi connectivity index (χ4n) is 3.05. The highest BCUT2D eigenvalue weighted by molar-refractivity contribution is 9.11. The Morgan fingerprint density at radius 2 is 2.18 bits per heavy atom. The SMILES string of the molecule is CC1(C)CC(=O)C2=C(C1)OC(N)=C(C#N)C2c1ccc(Br)s1. The Kier molecular flexibility index (Phi) is 3.66. The molecule has 0 saturated carbocycles. The van der Waals surface area contributed by atoms with E-state index in [0.717, 1.165) is 8.66 Å². The number of carbonyl (C=O) groups is 1. The average Bonchev–Trinajstić information content (AvgIpc) is 2.82. The summed E-state index contributed by atoms with van der Waals surface area (Å²) in [5.41, 5.74) is 6.71. The summed E-state index contributed by atoms with van der Waals surface area (Å²) in [5, 5.41) is 9.47. The number of thiophene rings is 1. The molecule has 2 N–H and O–H groups in total. The third kappa shape index (κ3) is 2.49. The number of hydrogen-bond donors (Lipinski definition) is 1. The first-order valence-corrected chi connectivity index (χ1v) is 8.52. The highest BCUT2D eigenvalue weighted by atomic mass is 79.9. The lowest BCUT2D eigenvalue weighted by Gasteiger charge is -2.36. The lowest BCUT2D eigenvalue weighted by molar-refractivity contribution is -0.119. The number of nitrogens with zero attached hydrogens (tertiary/aromatic N) is 1. The quantitative estimate of drug-likeness (QED) is 0.801. The van der Waals surface area contributed by atoms with E-state index in [1.165, 1.54) is 11.3 Å². The maximum absolute atomic E-state index is 12.7. The van der Waals surface area contributed by atoms with Gasteiger partial charge < -0.3 is 10.5 Å². The van der Waals surface area contributed by atoms with Crippen molar-refractivity contribution < 1.29 is 9.53 Å². The maximum Gasteiger partial charge on any atom is 0.205 e. The Hall–Kier alpha value is -1.58. The van der Waals surface area contributed by atoms with Crippen molar-refractivity contribution in [1.82, 2.24) is 0 Å². The molecule has 6 heteroatoms. The summed E-state index contributed by atoms with van der Waals surface area (Å²) in [6.45, 7) is 4.07. The summed E-state index contributed by atoms with van der Waals surface area (Å²) in [4.78, 5) is 13.6. The van der Waals surface area contributed by atoms with Gasteiger partial charge >= 0.3 is 0 Å². The Bertz CT molecular complexity index is 767. The molecule has 1 aliphatic carbocycles. The largest absolute Gasteiger partial charge is 0.444 e. The number of ketones is 1. The second-order valence-electron chi connectivity index (χ2n) is 6.34. The van der Waals surface area contributed by atoms with Gasteiger partial charge in [-0.05, 0) is 33.5 Å². The van der Waals surface area contributed by atoms with Gasteiger partial charge in [0.2, 0.25) is 5.88 Å². The number of ether oxygens (including phenoxy) is 1. The first-order valence-electron chi connectivity index (χ1n) is 6.91. The van der Waals surface area contributed by atoms with Gasteiger partial charge in [0.25, 0.3) is 0 Å². The number of allylic oxidation sites excluding steroid dienone is 3. The van der Waals surface area contributed by atoms with Crippen LogP contribution in [0.25, 0.3) is 0 Å². The molecule has 0 saturated heterocycles. The van der Waals surface area contributed by atoms with Crippen LogP contribution in [0.2, 0.25) is 0 Å². The number of nitriles is 1. The van der Waals surface area contributed by atoms with E-state index in [9.17, 15) is 10.1 Å². The van der Waals surface area contributed by atoms with Crippen molar-refractivity contribution in [3.63, 3.8) is 0 Å². The zero-order chi connectivity index (χ0) is 16.1. The molecule has 1 unspecified atom stereocenters. The topological polar surface area (TPSA) is 76.1 Å². The highest BCUT2D eigenvalue weighted by Gasteiger charge is 2.43. The molecule has 2 heterocycles. The van der Waals surface area contributed by atoms with Crippen molar-refractivity contribution in [2.24, 2.45) is 11.1 Å². The number of carbonyl (C=O) groups excluding carboxylic acids is 1. The van der Waals surface area contributed by atoms with Crippen LogP contribution in [0.5, 0.6) is 0 Å². The van der Waals surface area contributed by atoms with Crippen molar-refractivity contribution in [2.75, 3.05) is 0 Å². The van der Waals surface area contributed by atoms with Crippen molar-refractivity contribution in [2.45, 2.75) is 32.6 Å². The van der Waals surface area contributed by atoms with Crippen LogP contribution in [0.3, 0.4) is 0 Å². The predicted molar refractivity (Wildman–Crippen MR) is 87.7 cm³/mol. The van der Waals surface area contributed by atoms with Crippen LogP contribution in [0.1, 0.15) is 37.5 Å². The predicted octanol–water partition coefficient (Wildman–Crippen LogP) is 3.96. The van der Waals surface area contributed by atoms with E-state index in [1.807, 2.05) is 26.0 Å². The first-order chi connectivity index (χ1) is 10.3. The standard InChI is InChI=1S/C16H15BrN2O2S/c1-16(2)5-9(20)14-10(6-16)21-15(19)8(7-18)13(14)11-3-4-12(17)22-11/h3-4,13H,5-6,19H2,1-2H3. The third-order valence-electron chi connectivity index (χ3n) is 3.95. The molecule has 0 spiro atoms. The first kappa shape index (κ1) is 15.3. The van der Waals surface area contributed by atoms with Crippen LogP contribution in [0, 0.1) is 16.7 Å². The summed E-state index contributed by atoms with van der Waals surface area (Å²) in [6, 6.07) is 5.96. The van der Waals surface area contributed by atoms with Gasteiger partial charge in [-0.1, -0.05) is 13.8 Å². The zero-order valence-electron chi connectivity index (χ0n) is 12.3. The minimum atomic E-state index is -0.409. The minimum absolute atomic E-state index is 0.0426. The summed E-state index contributed by atoms with van der Waals surface area (Å²) in [6.07, 6.45) is 1.10. The van der Waals surface area contributed by atoms with Crippen molar-refractivity contribution >= 4 is 33.0 Å². The molecule has 0 aromatic carbocycles. The fourth-order valence-corrected chi connectivity index (χ4v) is 4.60. The molecule has 22 heavy (non-hydrogen) atoms. The molecule has 4 nitrogen and oxygen atoms in total. The maximum atomic E-state index is 12.7. The van der Waals surface area contributed by atoms with Crippen LogP contribution in [0.15, 0.2) is 38.7 Å². The van der Waals surface area contributed by atoms with E-state index in [1.54, 1.807) is 0 Å². The molecule has 1 aromatic heterocycles. The molecule has 1 aliphatic heterocycles. The average molecular weight is 379 g/mol. The van der Waals surface area contributed by atoms with Gasteiger partial charge in [-0.2, -0.15) is 5.26 Å². The van der Waals surface area contributed by atoms with Crippen LogP contribution in [-0.4, -0.2) is 5.78 Å². The Morgan fingerprint density at radius 1 is 1.45 bits per heavy atom. The summed E-state index contributed by atoms with van der Waals surface area (Å²) >= 11 is 4.94. The Balaban J connectivity index is 2.17. The number of halogens is 1. The number of Topliss-reactive ketones (excluding diaryl/α,β-unsaturated/α-hetero) is 1. The fraction of sp³-hybridized carbons (Fsp3) is 0.375. The van der Waals surface area contributed by atoms with Gasteiger partial charge in [-0.15, -0.1) is 11.3 Å². The van der Waals surface area contributed by atoms with Crippen molar-refractivity contribution in [3.8, 4) is 6.07 Å². The van der Waals surface area contributed by atoms with E-state index in [-0.39, 0.29) is 17.1 Å². The normalized spacial score (nSPS) is 23.9. The second-order valence-corrected chi connectivity index (χ2v) is 8.84. The lowest BCUT2D eigenvalue weighted by atomic mass is 9.71. The van der Waals surface area contributed by atoms with Crippen LogP contribution in [-0.2, 0) is 9.53 Å². The van der Waals surface area contributed by atoms with E-state index < -0.39 is 5.92 Å². The van der Waals surface area contributed by atoms with E-state index in [0.29, 0.717) is 29.7 Å². The summed E-state index contributed by atoms with van der Waals surface area (Å²) in [7, 11) is 0. The van der Waals surface area contributed by atoms with Gasteiger partial charge in [0, 0.05) is 23.3 Å². The van der Waals surface area contributed by atoms with Crippen molar-refractivity contribution in [3.05, 3.63) is 43.6 Å². The minimum Gasteiger partial charge on any atom is -0.444 e. The van der Waals surface area contributed by atoms with Crippen LogP contribution < -0.4 is 5.73 Å². The molecule has 114 valence electrons. The molecule has 0 radical (unpaired) electrons. The van der Waals surface area contributed by atoms with Gasteiger partial charge in [-0.3, -0.25) is 4.79 Å². The molecule has 1 atom stereocenters. The third-order valence-corrected chi connectivity index (χ3v) is 5.64. The molecule has 2 aliphatic rings. The zero-order valence-corrected chi connectivity index (χ0v) is 14.7. The Morgan fingerprint density at radius 3 is 2.77 bits per heavy atom. The van der Waals surface area contributed by atoms with E-state index in [4.69, 9.17) is 10.5 Å². The molecule has 3 rings (SSSR count). The molecular formula is C16H15BrN2O2S. The van der Waals surface area contributed by atoms with Crippen LogP contribution >= 0.6 is 27.3 Å².